The Balaban J connectivity index is 1.72. The van der Waals surface area contributed by atoms with Gasteiger partial charge in [0.1, 0.15) is 0 Å². The highest BCUT2D eigenvalue weighted by Crippen LogP contribution is 2.39. The SMILES string of the molecule is CC(=O)Nc1nc2n(n1)C(c1cccs1)CC(c1ccc(Cl)cc1)N2. The summed E-state index contributed by atoms with van der Waals surface area (Å²) in [5.74, 6) is 0.770. The molecule has 3 heterocycles. The van der Waals surface area contributed by atoms with Gasteiger partial charge in [0.2, 0.25) is 11.9 Å². The number of amides is 1. The summed E-state index contributed by atoms with van der Waals surface area (Å²) in [6.07, 6.45) is 0.831. The van der Waals surface area contributed by atoms with Gasteiger partial charge in [-0.2, -0.15) is 4.98 Å². The second-order valence-corrected chi connectivity index (χ2v) is 7.32. The highest BCUT2D eigenvalue weighted by atomic mass is 35.5. The molecule has 128 valence electrons. The predicted molar refractivity (Wildman–Crippen MR) is 99.2 cm³/mol. The lowest BCUT2D eigenvalue weighted by molar-refractivity contribution is -0.114. The molecule has 0 fully saturated rings. The number of hydrogen-bond acceptors (Lipinski definition) is 5. The maximum absolute atomic E-state index is 11.3. The smallest absolute Gasteiger partial charge is 0.250 e. The third-order valence-electron chi connectivity index (χ3n) is 4.12. The van der Waals surface area contributed by atoms with Crippen molar-refractivity contribution in [2.24, 2.45) is 0 Å². The number of hydrogen-bond donors (Lipinski definition) is 2. The molecule has 0 saturated carbocycles. The quantitative estimate of drug-likeness (QED) is 0.725. The molecule has 6 nitrogen and oxygen atoms in total. The summed E-state index contributed by atoms with van der Waals surface area (Å²) in [7, 11) is 0. The van der Waals surface area contributed by atoms with Gasteiger partial charge in [0.25, 0.3) is 5.95 Å². The van der Waals surface area contributed by atoms with Gasteiger partial charge < -0.3 is 5.32 Å². The highest BCUT2D eigenvalue weighted by molar-refractivity contribution is 7.10. The predicted octanol–water partition coefficient (Wildman–Crippen LogP) is 4.10. The zero-order valence-corrected chi connectivity index (χ0v) is 15.0. The van der Waals surface area contributed by atoms with Crippen molar-refractivity contribution in [3.63, 3.8) is 0 Å². The fourth-order valence-electron chi connectivity index (χ4n) is 3.02. The lowest BCUT2D eigenvalue weighted by Gasteiger charge is -2.30. The van der Waals surface area contributed by atoms with E-state index in [0.717, 1.165) is 12.0 Å². The van der Waals surface area contributed by atoms with Crippen LogP contribution in [-0.4, -0.2) is 20.7 Å². The van der Waals surface area contributed by atoms with Gasteiger partial charge in [-0.1, -0.05) is 29.8 Å². The third-order valence-corrected chi connectivity index (χ3v) is 5.35. The van der Waals surface area contributed by atoms with Gasteiger partial charge in [-0.25, -0.2) is 4.68 Å². The van der Waals surface area contributed by atoms with Crippen molar-refractivity contribution in [2.75, 3.05) is 10.6 Å². The van der Waals surface area contributed by atoms with Crippen LogP contribution in [0.1, 0.15) is 35.9 Å². The highest BCUT2D eigenvalue weighted by Gasteiger charge is 2.31. The molecule has 1 amide bonds. The lowest BCUT2D eigenvalue weighted by Crippen LogP contribution is -2.27. The standard InChI is InChI=1S/C17H16ClN5OS/c1-10(24)19-16-21-17-20-13(11-4-6-12(18)7-5-11)9-14(23(17)22-16)15-3-2-8-25-15/h2-8,13-14H,9H2,1H3,(H2,19,20,21,22,24). The molecule has 2 N–H and O–H groups in total. The summed E-state index contributed by atoms with van der Waals surface area (Å²) in [4.78, 5) is 17.0. The van der Waals surface area contributed by atoms with E-state index in [4.69, 9.17) is 11.6 Å². The molecule has 4 rings (SSSR count). The van der Waals surface area contributed by atoms with Gasteiger partial charge in [-0.3, -0.25) is 10.1 Å². The van der Waals surface area contributed by atoms with Crippen molar-refractivity contribution in [3.05, 3.63) is 57.2 Å². The van der Waals surface area contributed by atoms with Crippen LogP contribution in [0.4, 0.5) is 11.9 Å². The Morgan fingerprint density at radius 1 is 1.36 bits per heavy atom. The molecular weight excluding hydrogens is 358 g/mol. The van der Waals surface area contributed by atoms with Gasteiger partial charge in [0.15, 0.2) is 0 Å². The summed E-state index contributed by atoms with van der Waals surface area (Å²) in [5.41, 5.74) is 1.14. The Bertz CT molecular complexity index is 890. The summed E-state index contributed by atoms with van der Waals surface area (Å²) >= 11 is 7.70. The number of benzene rings is 1. The molecule has 1 aliphatic heterocycles. The zero-order valence-electron chi connectivity index (χ0n) is 13.4. The maximum atomic E-state index is 11.3. The molecule has 0 bridgehead atoms. The van der Waals surface area contributed by atoms with Gasteiger partial charge in [0.05, 0.1) is 12.1 Å². The molecule has 8 heteroatoms. The minimum atomic E-state index is -0.190. The summed E-state index contributed by atoms with van der Waals surface area (Å²) in [6, 6.07) is 12.1. The second-order valence-electron chi connectivity index (χ2n) is 5.90. The first kappa shape index (κ1) is 16.1. The van der Waals surface area contributed by atoms with Crippen LogP contribution in [-0.2, 0) is 4.79 Å². The van der Waals surface area contributed by atoms with Crippen LogP contribution >= 0.6 is 22.9 Å². The average molecular weight is 374 g/mol. The molecule has 0 spiro atoms. The van der Waals surface area contributed by atoms with Gasteiger partial charge >= 0.3 is 0 Å². The van der Waals surface area contributed by atoms with Crippen molar-refractivity contribution < 1.29 is 4.79 Å². The number of nitrogens with one attached hydrogen (secondary N) is 2. The number of rotatable bonds is 3. The number of halogens is 1. The Morgan fingerprint density at radius 2 is 2.16 bits per heavy atom. The first-order valence-electron chi connectivity index (χ1n) is 7.89. The molecular formula is C17H16ClN5OS. The molecule has 1 aliphatic rings. The van der Waals surface area contributed by atoms with Crippen molar-refractivity contribution in [2.45, 2.75) is 25.4 Å². The van der Waals surface area contributed by atoms with E-state index in [0.29, 0.717) is 16.9 Å². The number of thiophene rings is 1. The fraction of sp³-hybridized carbons (Fsp3) is 0.235. The van der Waals surface area contributed by atoms with E-state index in [2.05, 4.69) is 32.2 Å². The number of nitrogens with zero attached hydrogens (tertiary/aromatic N) is 3. The Hall–Kier alpha value is -2.38. The minimum Gasteiger partial charge on any atom is -0.347 e. The van der Waals surface area contributed by atoms with Crippen LogP contribution in [0.25, 0.3) is 0 Å². The normalized spacial score (nSPS) is 19.1. The first-order valence-corrected chi connectivity index (χ1v) is 9.15. The van der Waals surface area contributed by atoms with Gasteiger partial charge in [-0.15, -0.1) is 16.4 Å². The number of carbonyl (C=O) groups is 1. The summed E-state index contributed by atoms with van der Waals surface area (Å²) in [6.45, 7) is 1.45. The lowest BCUT2D eigenvalue weighted by atomic mass is 9.97. The fourth-order valence-corrected chi connectivity index (χ4v) is 3.97. The van der Waals surface area contributed by atoms with Crippen molar-refractivity contribution in [3.8, 4) is 0 Å². The van der Waals surface area contributed by atoms with Crippen LogP contribution < -0.4 is 10.6 Å². The van der Waals surface area contributed by atoms with E-state index >= 15 is 0 Å². The molecule has 25 heavy (non-hydrogen) atoms. The third kappa shape index (κ3) is 3.25. The van der Waals surface area contributed by atoms with Crippen LogP contribution in [0.5, 0.6) is 0 Å². The monoisotopic (exact) mass is 373 g/mol. The van der Waals surface area contributed by atoms with Crippen molar-refractivity contribution in [1.82, 2.24) is 14.8 Å². The summed E-state index contributed by atoms with van der Waals surface area (Å²) < 4.78 is 1.85. The molecule has 0 aliphatic carbocycles. The Kier molecular flexibility index (Phi) is 4.19. The molecule has 1 aromatic carbocycles. The van der Waals surface area contributed by atoms with E-state index in [1.807, 2.05) is 35.0 Å². The molecule has 0 radical (unpaired) electrons. The Labute approximate surface area is 153 Å². The maximum Gasteiger partial charge on any atom is 0.250 e. The van der Waals surface area contributed by atoms with Crippen LogP contribution in [0, 0.1) is 0 Å². The zero-order chi connectivity index (χ0) is 17.4. The van der Waals surface area contributed by atoms with Crippen LogP contribution in [0.3, 0.4) is 0 Å². The van der Waals surface area contributed by atoms with Crippen molar-refractivity contribution >= 4 is 40.7 Å². The number of carbonyl (C=O) groups excluding carboxylic acids is 1. The van der Waals surface area contributed by atoms with Crippen LogP contribution in [0.15, 0.2) is 41.8 Å². The van der Waals surface area contributed by atoms with E-state index in [1.54, 1.807) is 11.3 Å². The van der Waals surface area contributed by atoms with Gasteiger partial charge in [0, 0.05) is 16.8 Å². The number of fused-ring (bicyclic) bond motifs is 1. The van der Waals surface area contributed by atoms with E-state index in [-0.39, 0.29) is 18.0 Å². The molecule has 2 aromatic heterocycles. The molecule has 2 atom stereocenters. The topological polar surface area (TPSA) is 71.8 Å². The first-order chi connectivity index (χ1) is 12.1. The summed E-state index contributed by atoms with van der Waals surface area (Å²) in [5, 5.41) is 13.3. The molecule has 2 unspecified atom stereocenters. The van der Waals surface area contributed by atoms with Crippen molar-refractivity contribution in [1.29, 1.82) is 0 Å². The molecule has 0 saturated heterocycles. The average Bonchev–Trinajstić information content (AvgIpc) is 3.22. The van der Waals surface area contributed by atoms with E-state index in [1.165, 1.54) is 11.8 Å². The minimum absolute atomic E-state index is 0.0620. The van der Waals surface area contributed by atoms with Gasteiger partial charge in [-0.05, 0) is 35.6 Å². The Morgan fingerprint density at radius 3 is 2.84 bits per heavy atom. The largest absolute Gasteiger partial charge is 0.347 e. The molecule has 3 aromatic rings. The van der Waals surface area contributed by atoms with Crippen LogP contribution in [0.2, 0.25) is 5.02 Å². The van der Waals surface area contributed by atoms with E-state index < -0.39 is 0 Å². The number of aromatic nitrogens is 3. The number of anilines is 2. The van der Waals surface area contributed by atoms with E-state index in [9.17, 15) is 4.79 Å². The second kappa shape index (κ2) is 6.50.